The largest absolute Gasteiger partial charge is 0.338 e. The molecule has 1 aliphatic heterocycles. The highest BCUT2D eigenvalue weighted by Gasteiger charge is 2.19. The van der Waals surface area contributed by atoms with Gasteiger partial charge >= 0.3 is 0 Å². The molecular formula is C19H20N4. The second-order valence-electron chi connectivity index (χ2n) is 6.06. The Morgan fingerprint density at radius 3 is 2.61 bits per heavy atom. The van der Waals surface area contributed by atoms with Crippen LogP contribution in [-0.2, 0) is 0 Å². The van der Waals surface area contributed by atoms with Crippen LogP contribution in [0.3, 0.4) is 0 Å². The summed E-state index contributed by atoms with van der Waals surface area (Å²) in [5, 5.41) is 4.57. The number of piperazine rings is 1. The first-order valence-corrected chi connectivity index (χ1v) is 8.12. The molecule has 1 aliphatic rings. The van der Waals surface area contributed by atoms with Gasteiger partial charge in [-0.3, -0.25) is 0 Å². The Kier molecular flexibility index (Phi) is 3.67. The molecule has 4 rings (SSSR count). The fourth-order valence-electron chi connectivity index (χ4n) is 3.14. The van der Waals surface area contributed by atoms with Gasteiger partial charge < -0.3 is 10.2 Å². The van der Waals surface area contributed by atoms with Crippen LogP contribution < -0.4 is 10.2 Å². The first-order valence-electron chi connectivity index (χ1n) is 8.12. The van der Waals surface area contributed by atoms with Crippen molar-refractivity contribution in [1.82, 2.24) is 15.3 Å². The van der Waals surface area contributed by atoms with Crippen molar-refractivity contribution in [2.45, 2.75) is 13.0 Å². The van der Waals surface area contributed by atoms with Crippen molar-refractivity contribution in [3.63, 3.8) is 0 Å². The third-order valence-corrected chi connectivity index (χ3v) is 4.29. The highest BCUT2D eigenvalue weighted by Crippen LogP contribution is 2.28. The highest BCUT2D eigenvalue weighted by molar-refractivity contribution is 5.93. The van der Waals surface area contributed by atoms with Crippen LogP contribution in [0.15, 0.2) is 54.6 Å². The molecule has 0 amide bonds. The number of benzene rings is 2. The van der Waals surface area contributed by atoms with E-state index in [-0.39, 0.29) is 0 Å². The molecule has 1 saturated heterocycles. The van der Waals surface area contributed by atoms with Crippen molar-refractivity contribution >= 4 is 16.9 Å². The molecule has 0 spiro atoms. The number of hydrogen-bond acceptors (Lipinski definition) is 4. The van der Waals surface area contributed by atoms with Gasteiger partial charge in [-0.25, -0.2) is 9.97 Å². The summed E-state index contributed by atoms with van der Waals surface area (Å²) in [4.78, 5) is 12.0. The summed E-state index contributed by atoms with van der Waals surface area (Å²) in [5.74, 6) is 0.830. The van der Waals surface area contributed by atoms with E-state index < -0.39 is 0 Å². The zero-order valence-corrected chi connectivity index (χ0v) is 13.2. The van der Waals surface area contributed by atoms with Crippen LogP contribution in [0.25, 0.3) is 22.2 Å². The number of nitrogens with zero attached hydrogens (tertiary/aromatic N) is 3. The van der Waals surface area contributed by atoms with Gasteiger partial charge in [0.15, 0.2) is 0 Å². The highest BCUT2D eigenvalue weighted by atomic mass is 15.3. The number of nitrogens with one attached hydrogen (secondary N) is 1. The number of hydrogen-bond donors (Lipinski definition) is 1. The topological polar surface area (TPSA) is 41.1 Å². The molecular weight excluding hydrogens is 284 g/mol. The van der Waals surface area contributed by atoms with Crippen LogP contribution in [0.1, 0.15) is 6.92 Å². The summed E-state index contributed by atoms with van der Waals surface area (Å²) in [6.07, 6.45) is 0. The Hall–Kier alpha value is -2.46. The summed E-state index contributed by atoms with van der Waals surface area (Å²) in [5.41, 5.74) is 3.15. The van der Waals surface area contributed by atoms with Crippen LogP contribution in [0.4, 0.5) is 5.95 Å². The van der Waals surface area contributed by atoms with Crippen molar-refractivity contribution in [2.75, 3.05) is 24.5 Å². The van der Waals surface area contributed by atoms with Gasteiger partial charge in [-0.15, -0.1) is 0 Å². The number of rotatable bonds is 2. The quantitative estimate of drug-likeness (QED) is 0.790. The fraction of sp³-hybridized carbons (Fsp3) is 0.263. The lowest BCUT2D eigenvalue weighted by Gasteiger charge is -2.32. The van der Waals surface area contributed by atoms with Crippen molar-refractivity contribution in [3.05, 3.63) is 54.6 Å². The first-order chi connectivity index (χ1) is 11.3. The molecule has 4 nitrogen and oxygen atoms in total. The number of fused-ring (bicyclic) bond motifs is 1. The van der Waals surface area contributed by atoms with Gasteiger partial charge in [0, 0.05) is 36.6 Å². The van der Waals surface area contributed by atoms with Gasteiger partial charge in [-0.2, -0.15) is 0 Å². The first kappa shape index (κ1) is 14.2. The van der Waals surface area contributed by atoms with E-state index in [1.165, 1.54) is 0 Å². The monoisotopic (exact) mass is 304 g/mol. The van der Waals surface area contributed by atoms with E-state index in [9.17, 15) is 0 Å². The Morgan fingerprint density at radius 2 is 1.78 bits per heavy atom. The number of anilines is 1. The molecule has 1 atom stereocenters. The zero-order valence-electron chi connectivity index (χ0n) is 13.2. The summed E-state index contributed by atoms with van der Waals surface area (Å²) in [6, 6.07) is 19.1. The SMILES string of the molecule is CC1CN(c2nc(-c3ccccc3)c3ccccc3n2)CCN1. The Labute approximate surface area is 136 Å². The predicted octanol–water partition coefficient (Wildman–Crippen LogP) is 3.09. The number of para-hydroxylation sites is 1. The molecule has 4 heteroatoms. The van der Waals surface area contributed by atoms with E-state index in [1.807, 2.05) is 18.2 Å². The van der Waals surface area contributed by atoms with Crippen molar-refractivity contribution < 1.29 is 0 Å². The molecule has 2 heterocycles. The fourth-order valence-corrected chi connectivity index (χ4v) is 3.14. The second-order valence-corrected chi connectivity index (χ2v) is 6.06. The van der Waals surface area contributed by atoms with Crippen LogP contribution >= 0.6 is 0 Å². The average Bonchev–Trinajstić information content (AvgIpc) is 2.61. The smallest absolute Gasteiger partial charge is 0.226 e. The minimum atomic E-state index is 0.457. The van der Waals surface area contributed by atoms with Gasteiger partial charge in [-0.05, 0) is 13.0 Å². The summed E-state index contributed by atoms with van der Waals surface area (Å²) in [7, 11) is 0. The lowest BCUT2D eigenvalue weighted by atomic mass is 10.1. The Morgan fingerprint density at radius 1 is 1.00 bits per heavy atom. The Bertz CT molecular complexity index is 816. The summed E-state index contributed by atoms with van der Waals surface area (Å²) < 4.78 is 0. The van der Waals surface area contributed by atoms with Crippen LogP contribution in [0.2, 0.25) is 0 Å². The standard InChI is InChI=1S/C19H20N4/c1-14-13-23(12-11-20-14)19-21-17-10-6-5-9-16(17)18(22-19)15-7-3-2-4-8-15/h2-10,14,20H,11-13H2,1H3. The van der Waals surface area contributed by atoms with Crippen molar-refractivity contribution in [2.24, 2.45) is 0 Å². The maximum absolute atomic E-state index is 4.92. The van der Waals surface area contributed by atoms with Crippen LogP contribution in [0.5, 0.6) is 0 Å². The molecule has 0 radical (unpaired) electrons. The van der Waals surface area contributed by atoms with E-state index in [2.05, 4.69) is 53.5 Å². The van der Waals surface area contributed by atoms with E-state index in [0.29, 0.717) is 6.04 Å². The summed E-state index contributed by atoms with van der Waals surface area (Å²) in [6.45, 7) is 5.05. The van der Waals surface area contributed by atoms with Gasteiger partial charge in [0.25, 0.3) is 0 Å². The maximum atomic E-state index is 4.92. The molecule has 116 valence electrons. The molecule has 1 aromatic heterocycles. The summed E-state index contributed by atoms with van der Waals surface area (Å²) >= 11 is 0. The van der Waals surface area contributed by atoms with Crippen molar-refractivity contribution in [1.29, 1.82) is 0 Å². The van der Waals surface area contributed by atoms with Gasteiger partial charge in [0.05, 0.1) is 11.2 Å². The molecule has 0 aliphatic carbocycles. The third kappa shape index (κ3) is 2.78. The predicted molar refractivity (Wildman–Crippen MR) is 94.7 cm³/mol. The van der Waals surface area contributed by atoms with Gasteiger partial charge in [0.1, 0.15) is 0 Å². The lowest BCUT2D eigenvalue weighted by molar-refractivity contribution is 0.480. The van der Waals surface area contributed by atoms with Crippen LogP contribution in [0, 0.1) is 0 Å². The minimum absolute atomic E-state index is 0.457. The lowest BCUT2D eigenvalue weighted by Crippen LogP contribution is -2.49. The van der Waals surface area contributed by atoms with E-state index in [0.717, 1.165) is 47.7 Å². The molecule has 3 aromatic rings. The normalized spacial score (nSPS) is 18.3. The minimum Gasteiger partial charge on any atom is -0.338 e. The molecule has 0 saturated carbocycles. The van der Waals surface area contributed by atoms with E-state index >= 15 is 0 Å². The van der Waals surface area contributed by atoms with E-state index in [4.69, 9.17) is 9.97 Å². The van der Waals surface area contributed by atoms with Crippen molar-refractivity contribution in [3.8, 4) is 11.3 Å². The zero-order chi connectivity index (χ0) is 15.6. The third-order valence-electron chi connectivity index (χ3n) is 4.29. The van der Waals surface area contributed by atoms with E-state index in [1.54, 1.807) is 0 Å². The van der Waals surface area contributed by atoms with Gasteiger partial charge in [-0.1, -0.05) is 48.5 Å². The molecule has 0 bridgehead atoms. The average molecular weight is 304 g/mol. The van der Waals surface area contributed by atoms with Crippen LogP contribution in [-0.4, -0.2) is 35.6 Å². The molecule has 23 heavy (non-hydrogen) atoms. The number of aromatic nitrogens is 2. The molecule has 1 N–H and O–H groups in total. The second kappa shape index (κ2) is 5.97. The Balaban J connectivity index is 1.87. The molecule has 1 fully saturated rings. The van der Waals surface area contributed by atoms with Gasteiger partial charge in [0.2, 0.25) is 5.95 Å². The molecule has 1 unspecified atom stereocenters. The maximum Gasteiger partial charge on any atom is 0.226 e. The molecule has 2 aromatic carbocycles.